The van der Waals surface area contributed by atoms with Gasteiger partial charge in [0.1, 0.15) is 12.4 Å². The van der Waals surface area contributed by atoms with Crippen LogP contribution in [0.4, 0.5) is 0 Å². The van der Waals surface area contributed by atoms with Crippen LogP contribution in [0.3, 0.4) is 0 Å². The summed E-state index contributed by atoms with van der Waals surface area (Å²) in [4.78, 5) is 0. The number of ether oxygens (including phenoxy) is 1. The molecule has 1 rings (SSSR count). The molecule has 1 aliphatic heterocycles. The highest BCUT2D eigenvalue weighted by atomic mass is 16.5. The second kappa shape index (κ2) is 2.07. The molecule has 1 aliphatic rings. The fourth-order valence-corrected chi connectivity index (χ4v) is 0.675. The van der Waals surface area contributed by atoms with Gasteiger partial charge < -0.3 is 10.1 Å². The molecule has 1 N–H and O–H groups in total. The van der Waals surface area contributed by atoms with Gasteiger partial charge in [0, 0.05) is 12.2 Å². The van der Waals surface area contributed by atoms with Crippen LogP contribution in [0.2, 0.25) is 0 Å². The van der Waals surface area contributed by atoms with Gasteiger partial charge in [-0.1, -0.05) is 0 Å². The van der Waals surface area contributed by atoms with Gasteiger partial charge in [-0.3, -0.25) is 0 Å². The minimum absolute atomic E-state index is 0.809. The third kappa shape index (κ3) is 0.941. The fourth-order valence-electron chi connectivity index (χ4n) is 0.675. The molecule has 0 aliphatic carbocycles. The number of rotatable bonds is 0. The molecule has 0 saturated heterocycles. The van der Waals surface area contributed by atoms with Crippen molar-refractivity contribution in [2.24, 2.45) is 0 Å². The zero-order valence-corrected chi connectivity index (χ0v) is 5.32. The van der Waals surface area contributed by atoms with E-state index >= 15 is 0 Å². The first-order chi connectivity index (χ1) is 3.80. The van der Waals surface area contributed by atoms with Gasteiger partial charge >= 0.3 is 0 Å². The van der Waals surface area contributed by atoms with Crippen molar-refractivity contribution in [3.63, 3.8) is 0 Å². The lowest BCUT2D eigenvalue weighted by Crippen LogP contribution is -2.24. The zero-order chi connectivity index (χ0) is 5.98. The highest BCUT2D eigenvalue weighted by Crippen LogP contribution is 2.04. The van der Waals surface area contributed by atoms with Crippen LogP contribution < -0.4 is 5.32 Å². The second-order valence-electron chi connectivity index (χ2n) is 1.96. The molecule has 1 heterocycles. The minimum atomic E-state index is 0.809. The number of allylic oxidation sites excluding steroid dienone is 2. The quantitative estimate of drug-likeness (QED) is 0.503. The van der Waals surface area contributed by atoms with E-state index in [1.807, 2.05) is 13.8 Å². The van der Waals surface area contributed by atoms with Gasteiger partial charge in [-0.05, 0) is 13.8 Å². The molecule has 8 heavy (non-hydrogen) atoms. The molecule has 0 bridgehead atoms. The smallest absolute Gasteiger partial charge is 0.111 e. The van der Waals surface area contributed by atoms with Crippen LogP contribution in [0.5, 0.6) is 0 Å². The van der Waals surface area contributed by atoms with Crippen molar-refractivity contribution >= 4 is 0 Å². The molecule has 0 aromatic carbocycles. The minimum Gasteiger partial charge on any atom is -0.495 e. The molecule has 0 aromatic heterocycles. The maximum absolute atomic E-state index is 5.21. The maximum Gasteiger partial charge on any atom is 0.111 e. The average Bonchev–Trinajstić information content (AvgIpc) is 1.77. The van der Waals surface area contributed by atoms with Crippen molar-refractivity contribution in [2.45, 2.75) is 13.8 Å². The van der Waals surface area contributed by atoms with Crippen molar-refractivity contribution in [1.82, 2.24) is 5.32 Å². The summed E-state index contributed by atoms with van der Waals surface area (Å²) in [6, 6.07) is 0. The summed E-state index contributed by atoms with van der Waals surface area (Å²) in [5.74, 6) is 1.02. The monoisotopic (exact) mass is 113 g/mol. The fraction of sp³-hybridized carbons (Fsp3) is 0.667. The van der Waals surface area contributed by atoms with Crippen LogP contribution in [0.1, 0.15) is 13.8 Å². The van der Waals surface area contributed by atoms with Crippen LogP contribution >= 0.6 is 0 Å². The Morgan fingerprint density at radius 3 is 2.62 bits per heavy atom. The summed E-state index contributed by atoms with van der Waals surface area (Å²) in [7, 11) is 0. The Bertz CT molecular complexity index is 104. The van der Waals surface area contributed by atoms with Crippen LogP contribution in [0.25, 0.3) is 0 Å². The summed E-state index contributed by atoms with van der Waals surface area (Å²) in [5, 5.41) is 3.19. The number of hydrogen-bond acceptors (Lipinski definition) is 2. The standard InChI is InChI=1S/C6H11NO/c1-5-6(2)8-4-3-7-5/h7H,3-4H2,1-2H3. The molecule has 0 atom stereocenters. The van der Waals surface area contributed by atoms with Gasteiger partial charge in [-0.25, -0.2) is 0 Å². The predicted molar refractivity (Wildman–Crippen MR) is 32.3 cm³/mol. The lowest BCUT2D eigenvalue weighted by molar-refractivity contribution is 0.193. The summed E-state index contributed by atoms with van der Waals surface area (Å²) < 4.78 is 5.21. The normalized spacial score (nSPS) is 19.8. The maximum atomic E-state index is 5.21. The molecule has 0 spiro atoms. The highest BCUT2D eigenvalue weighted by molar-refractivity contribution is 5.02. The van der Waals surface area contributed by atoms with E-state index in [2.05, 4.69) is 5.32 Å². The summed E-state index contributed by atoms with van der Waals surface area (Å²) in [6.07, 6.45) is 0. The van der Waals surface area contributed by atoms with Crippen LogP contribution in [-0.4, -0.2) is 13.2 Å². The summed E-state index contributed by atoms with van der Waals surface area (Å²) >= 11 is 0. The van der Waals surface area contributed by atoms with Gasteiger partial charge in [-0.2, -0.15) is 0 Å². The number of hydrogen-bond donors (Lipinski definition) is 1. The topological polar surface area (TPSA) is 21.3 Å². The van der Waals surface area contributed by atoms with Crippen LogP contribution in [0, 0.1) is 0 Å². The van der Waals surface area contributed by atoms with Crippen molar-refractivity contribution in [1.29, 1.82) is 0 Å². The Hall–Kier alpha value is -0.660. The molecule has 0 saturated carbocycles. The lowest BCUT2D eigenvalue weighted by Gasteiger charge is -2.17. The van der Waals surface area contributed by atoms with E-state index in [-0.39, 0.29) is 0 Å². The summed E-state index contributed by atoms with van der Waals surface area (Å²) in [6.45, 7) is 5.75. The first-order valence-corrected chi connectivity index (χ1v) is 2.85. The molecule has 0 amide bonds. The Labute approximate surface area is 49.5 Å². The largest absolute Gasteiger partial charge is 0.495 e. The first-order valence-electron chi connectivity index (χ1n) is 2.85. The third-order valence-corrected chi connectivity index (χ3v) is 1.34. The first kappa shape index (κ1) is 5.48. The second-order valence-corrected chi connectivity index (χ2v) is 1.96. The van der Waals surface area contributed by atoms with E-state index in [0.29, 0.717) is 0 Å². The van der Waals surface area contributed by atoms with E-state index in [0.717, 1.165) is 24.6 Å². The lowest BCUT2D eigenvalue weighted by atomic mass is 10.4. The van der Waals surface area contributed by atoms with E-state index in [4.69, 9.17) is 4.74 Å². The van der Waals surface area contributed by atoms with Gasteiger partial charge in [0.15, 0.2) is 0 Å². The van der Waals surface area contributed by atoms with Gasteiger partial charge in [-0.15, -0.1) is 0 Å². The summed E-state index contributed by atoms with van der Waals surface area (Å²) in [5.41, 5.74) is 1.16. The van der Waals surface area contributed by atoms with E-state index in [1.165, 1.54) is 0 Å². The van der Waals surface area contributed by atoms with Gasteiger partial charge in [0.2, 0.25) is 0 Å². The Morgan fingerprint density at radius 1 is 1.50 bits per heavy atom. The van der Waals surface area contributed by atoms with Crippen molar-refractivity contribution in [3.05, 3.63) is 11.5 Å². The molecule has 46 valence electrons. The SMILES string of the molecule is CC1=C(C)OCCN1. The van der Waals surface area contributed by atoms with E-state index < -0.39 is 0 Å². The Balaban J connectivity index is 2.60. The molecule has 0 radical (unpaired) electrons. The molecular weight excluding hydrogens is 102 g/mol. The third-order valence-electron chi connectivity index (χ3n) is 1.34. The molecule has 0 fully saturated rings. The van der Waals surface area contributed by atoms with Crippen molar-refractivity contribution in [3.8, 4) is 0 Å². The number of nitrogens with one attached hydrogen (secondary N) is 1. The predicted octanol–water partition coefficient (Wildman–Crippen LogP) is 0.858. The van der Waals surface area contributed by atoms with E-state index in [9.17, 15) is 0 Å². The Kier molecular flexibility index (Phi) is 1.42. The molecule has 0 unspecified atom stereocenters. The Morgan fingerprint density at radius 2 is 2.25 bits per heavy atom. The van der Waals surface area contributed by atoms with Crippen molar-refractivity contribution < 1.29 is 4.74 Å². The van der Waals surface area contributed by atoms with Gasteiger partial charge in [0.05, 0.1) is 0 Å². The van der Waals surface area contributed by atoms with Crippen LogP contribution in [0.15, 0.2) is 11.5 Å². The van der Waals surface area contributed by atoms with E-state index in [1.54, 1.807) is 0 Å². The molecular formula is C6H11NO. The molecule has 0 aromatic rings. The average molecular weight is 113 g/mol. The molecule has 2 heteroatoms. The highest BCUT2D eigenvalue weighted by Gasteiger charge is 2.01. The van der Waals surface area contributed by atoms with Crippen LogP contribution in [-0.2, 0) is 4.74 Å². The van der Waals surface area contributed by atoms with Gasteiger partial charge in [0.25, 0.3) is 0 Å². The molecule has 2 nitrogen and oxygen atoms in total. The van der Waals surface area contributed by atoms with Crippen molar-refractivity contribution in [2.75, 3.05) is 13.2 Å². The zero-order valence-electron chi connectivity index (χ0n) is 5.32.